The van der Waals surface area contributed by atoms with Crippen LogP contribution in [0.5, 0.6) is 0 Å². The Labute approximate surface area is 106 Å². The first-order chi connectivity index (χ1) is 8.29. The Kier molecular flexibility index (Phi) is 4.55. The van der Waals surface area contributed by atoms with Crippen LogP contribution >= 0.6 is 0 Å². The molecule has 0 radical (unpaired) electrons. The van der Waals surface area contributed by atoms with Crippen molar-refractivity contribution in [3.8, 4) is 0 Å². The van der Waals surface area contributed by atoms with E-state index in [9.17, 15) is 13.2 Å². The van der Waals surface area contributed by atoms with E-state index in [0.29, 0.717) is 24.3 Å². The number of hydrogen-bond acceptors (Lipinski definition) is 5. The van der Waals surface area contributed by atoms with E-state index in [0.717, 1.165) is 6.26 Å². The molecule has 0 saturated carbocycles. The smallest absolute Gasteiger partial charge is 0.337 e. The van der Waals surface area contributed by atoms with Crippen LogP contribution in [0.1, 0.15) is 16.8 Å². The van der Waals surface area contributed by atoms with E-state index >= 15 is 0 Å². The SMILES string of the molecule is CS(=O)(=O)CCCNc1cc(N)ccc1C(=O)O. The van der Waals surface area contributed by atoms with Crippen LogP contribution in [0.25, 0.3) is 0 Å². The number of carbonyl (C=O) groups is 1. The van der Waals surface area contributed by atoms with Gasteiger partial charge in [-0.05, 0) is 24.6 Å². The third-order valence-electron chi connectivity index (χ3n) is 2.28. The molecule has 0 aliphatic rings. The van der Waals surface area contributed by atoms with E-state index in [1.807, 2.05) is 0 Å². The minimum atomic E-state index is -2.99. The number of nitrogen functional groups attached to an aromatic ring is 1. The zero-order chi connectivity index (χ0) is 13.8. The Hall–Kier alpha value is -1.76. The van der Waals surface area contributed by atoms with Crippen molar-refractivity contribution in [2.75, 3.05) is 29.6 Å². The van der Waals surface area contributed by atoms with Crippen LogP contribution in [0.3, 0.4) is 0 Å². The number of sulfone groups is 1. The van der Waals surface area contributed by atoms with Gasteiger partial charge in [0.15, 0.2) is 0 Å². The monoisotopic (exact) mass is 272 g/mol. The van der Waals surface area contributed by atoms with Crippen molar-refractivity contribution in [1.29, 1.82) is 0 Å². The number of aromatic carboxylic acids is 1. The number of rotatable bonds is 6. The highest BCUT2D eigenvalue weighted by atomic mass is 32.2. The number of nitrogens with one attached hydrogen (secondary N) is 1. The molecule has 1 aromatic rings. The van der Waals surface area contributed by atoms with Gasteiger partial charge in [0.25, 0.3) is 0 Å². The first-order valence-electron chi connectivity index (χ1n) is 5.34. The van der Waals surface area contributed by atoms with Gasteiger partial charge in [0.1, 0.15) is 9.84 Å². The molecule has 0 atom stereocenters. The molecule has 1 aromatic carbocycles. The predicted molar refractivity (Wildman–Crippen MR) is 70.6 cm³/mol. The highest BCUT2D eigenvalue weighted by molar-refractivity contribution is 7.90. The van der Waals surface area contributed by atoms with Gasteiger partial charge in [0.05, 0.1) is 17.0 Å². The molecular weight excluding hydrogens is 256 g/mol. The summed E-state index contributed by atoms with van der Waals surface area (Å²) in [7, 11) is -2.99. The lowest BCUT2D eigenvalue weighted by molar-refractivity contribution is 0.0698. The minimum absolute atomic E-state index is 0.0602. The maximum atomic E-state index is 10.9. The second kappa shape index (κ2) is 5.72. The topological polar surface area (TPSA) is 109 Å². The fourth-order valence-corrected chi connectivity index (χ4v) is 2.12. The molecule has 0 saturated heterocycles. The lowest BCUT2D eigenvalue weighted by Gasteiger charge is -2.10. The van der Waals surface area contributed by atoms with E-state index in [1.54, 1.807) is 0 Å². The molecule has 1 rings (SSSR count). The zero-order valence-corrected chi connectivity index (χ0v) is 10.8. The first-order valence-corrected chi connectivity index (χ1v) is 7.40. The summed E-state index contributed by atoms with van der Waals surface area (Å²) in [5.74, 6) is -0.995. The van der Waals surface area contributed by atoms with Crippen LogP contribution in [-0.2, 0) is 9.84 Å². The van der Waals surface area contributed by atoms with Gasteiger partial charge in [0.2, 0.25) is 0 Å². The van der Waals surface area contributed by atoms with E-state index in [2.05, 4.69) is 5.32 Å². The number of hydrogen-bond donors (Lipinski definition) is 3. The summed E-state index contributed by atoms with van der Waals surface area (Å²) in [5.41, 5.74) is 6.54. The molecule has 0 heterocycles. The van der Waals surface area contributed by atoms with E-state index in [-0.39, 0.29) is 11.3 Å². The summed E-state index contributed by atoms with van der Waals surface area (Å²) < 4.78 is 21.9. The van der Waals surface area contributed by atoms with Crippen LogP contribution in [0.4, 0.5) is 11.4 Å². The molecule has 0 aromatic heterocycles. The zero-order valence-electron chi connectivity index (χ0n) is 10.0. The average molecular weight is 272 g/mol. The lowest BCUT2D eigenvalue weighted by atomic mass is 10.1. The second-order valence-corrected chi connectivity index (χ2v) is 6.28. The summed E-state index contributed by atoms with van der Waals surface area (Å²) in [4.78, 5) is 10.9. The van der Waals surface area contributed by atoms with Gasteiger partial charge in [-0.1, -0.05) is 0 Å². The van der Waals surface area contributed by atoms with Gasteiger partial charge in [0, 0.05) is 18.5 Å². The van der Waals surface area contributed by atoms with Crippen LogP contribution in [0.15, 0.2) is 18.2 Å². The molecule has 0 fully saturated rings. The van der Waals surface area contributed by atoms with Crippen LogP contribution in [0, 0.1) is 0 Å². The van der Waals surface area contributed by atoms with Crippen LogP contribution in [-0.4, -0.2) is 38.0 Å². The quantitative estimate of drug-likeness (QED) is 0.522. The summed E-state index contributed by atoms with van der Waals surface area (Å²) in [6.07, 6.45) is 1.57. The van der Waals surface area contributed by atoms with Gasteiger partial charge in [-0.25, -0.2) is 13.2 Å². The standard InChI is InChI=1S/C11H16N2O4S/c1-18(16,17)6-2-5-13-10-7-8(12)3-4-9(10)11(14)15/h3-4,7,13H,2,5-6,12H2,1H3,(H,14,15). The summed E-state index contributed by atoms with van der Waals surface area (Å²) >= 11 is 0. The lowest BCUT2D eigenvalue weighted by Crippen LogP contribution is -2.12. The molecule has 18 heavy (non-hydrogen) atoms. The molecule has 0 aliphatic heterocycles. The van der Waals surface area contributed by atoms with Crippen LogP contribution < -0.4 is 11.1 Å². The minimum Gasteiger partial charge on any atom is -0.478 e. The second-order valence-electron chi connectivity index (χ2n) is 4.02. The maximum absolute atomic E-state index is 10.9. The summed E-state index contributed by atoms with van der Waals surface area (Å²) in [6, 6.07) is 4.44. The van der Waals surface area contributed by atoms with Gasteiger partial charge >= 0.3 is 5.97 Å². The van der Waals surface area contributed by atoms with Gasteiger partial charge in [-0.15, -0.1) is 0 Å². The van der Waals surface area contributed by atoms with Crippen molar-refractivity contribution in [1.82, 2.24) is 0 Å². The molecular formula is C11H16N2O4S. The van der Waals surface area contributed by atoms with Crippen LogP contribution in [0.2, 0.25) is 0 Å². The number of nitrogens with two attached hydrogens (primary N) is 1. The maximum Gasteiger partial charge on any atom is 0.337 e. The fourth-order valence-electron chi connectivity index (χ4n) is 1.45. The molecule has 0 bridgehead atoms. The van der Waals surface area contributed by atoms with Crippen molar-refractivity contribution in [3.63, 3.8) is 0 Å². The Bertz CT molecular complexity index is 540. The number of carboxylic acids is 1. The van der Waals surface area contributed by atoms with Gasteiger partial charge in [-0.3, -0.25) is 0 Å². The first kappa shape index (κ1) is 14.3. The number of carboxylic acid groups (broad SMARTS) is 1. The Balaban J connectivity index is 2.66. The Morgan fingerprint density at radius 2 is 2.11 bits per heavy atom. The molecule has 0 aliphatic carbocycles. The Morgan fingerprint density at radius 1 is 1.44 bits per heavy atom. The van der Waals surface area contributed by atoms with Crippen molar-refractivity contribution >= 4 is 27.2 Å². The normalized spacial score (nSPS) is 11.2. The molecule has 7 heteroatoms. The van der Waals surface area contributed by atoms with E-state index in [1.165, 1.54) is 18.2 Å². The van der Waals surface area contributed by atoms with E-state index < -0.39 is 15.8 Å². The molecule has 0 spiro atoms. The Morgan fingerprint density at radius 3 is 2.67 bits per heavy atom. The summed E-state index contributed by atoms with van der Waals surface area (Å²) in [6.45, 7) is 0.372. The fraction of sp³-hybridized carbons (Fsp3) is 0.364. The highest BCUT2D eigenvalue weighted by Gasteiger charge is 2.10. The third kappa shape index (κ3) is 4.62. The van der Waals surface area contributed by atoms with Crippen molar-refractivity contribution in [3.05, 3.63) is 23.8 Å². The third-order valence-corrected chi connectivity index (χ3v) is 3.31. The van der Waals surface area contributed by atoms with Crippen molar-refractivity contribution in [2.45, 2.75) is 6.42 Å². The largest absolute Gasteiger partial charge is 0.478 e. The molecule has 4 N–H and O–H groups in total. The van der Waals surface area contributed by atoms with Gasteiger partial charge < -0.3 is 16.2 Å². The van der Waals surface area contributed by atoms with Crippen molar-refractivity contribution in [2.24, 2.45) is 0 Å². The predicted octanol–water partition coefficient (Wildman–Crippen LogP) is 0.814. The molecule has 0 amide bonds. The highest BCUT2D eigenvalue weighted by Crippen LogP contribution is 2.19. The van der Waals surface area contributed by atoms with E-state index in [4.69, 9.17) is 10.8 Å². The van der Waals surface area contributed by atoms with Crippen molar-refractivity contribution < 1.29 is 18.3 Å². The number of anilines is 2. The average Bonchev–Trinajstić information content (AvgIpc) is 2.22. The van der Waals surface area contributed by atoms with Gasteiger partial charge in [-0.2, -0.15) is 0 Å². The molecule has 0 unspecified atom stereocenters. The number of benzene rings is 1. The molecule has 100 valence electrons. The molecule has 6 nitrogen and oxygen atoms in total. The summed E-state index contributed by atoms with van der Waals surface area (Å²) in [5, 5.41) is 11.8.